The molecular formula is C13H22O3. The second-order valence-electron chi connectivity index (χ2n) is 5.31. The van der Waals surface area contributed by atoms with Crippen LogP contribution >= 0.6 is 0 Å². The van der Waals surface area contributed by atoms with Crippen molar-refractivity contribution in [3.63, 3.8) is 0 Å². The molecule has 0 aromatic rings. The van der Waals surface area contributed by atoms with Gasteiger partial charge < -0.3 is 14.6 Å². The van der Waals surface area contributed by atoms with E-state index in [0.29, 0.717) is 0 Å². The van der Waals surface area contributed by atoms with E-state index in [1.54, 1.807) is 0 Å². The lowest BCUT2D eigenvalue weighted by Gasteiger charge is -2.42. The lowest BCUT2D eigenvalue weighted by atomic mass is 9.71. The van der Waals surface area contributed by atoms with E-state index in [9.17, 15) is 0 Å². The molecule has 1 aliphatic carbocycles. The molecule has 16 heavy (non-hydrogen) atoms. The van der Waals surface area contributed by atoms with Gasteiger partial charge in [0.2, 0.25) is 0 Å². The number of allylic oxidation sites excluding steroid dienone is 1. The molecule has 0 aromatic carbocycles. The molecule has 1 saturated carbocycles. The highest BCUT2D eigenvalue weighted by Gasteiger charge is 2.45. The fourth-order valence-corrected chi connectivity index (χ4v) is 2.97. The van der Waals surface area contributed by atoms with Crippen molar-refractivity contribution in [1.29, 1.82) is 0 Å². The third-order valence-electron chi connectivity index (χ3n) is 3.73. The van der Waals surface area contributed by atoms with Gasteiger partial charge in [-0.15, -0.1) is 0 Å². The molecule has 3 heteroatoms. The number of aliphatic hydroxyl groups excluding tert-OH is 1. The highest BCUT2D eigenvalue weighted by Crippen LogP contribution is 2.47. The van der Waals surface area contributed by atoms with Crippen molar-refractivity contribution in [1.82, 2.24) is 0 Å². The van der Waals surface area contributed by atoms with E-state index in [0.717, 1.165) is 32.5 Å². The summed E-state index contributed by atoms with van der Waals surface area (Å²) in [5.74, 6) is -0.292. The van der Waals surface area contributed by atoms with Gasteiger partial charge >= 0.3 is 0 Å². The third kappa shape index (κ3) is 2.65. The van der Waals surface area contributed by atoms with Gasteiger partial charge in [0.05, 0.1) is 19.8 Å². The van der Waals surface area contributed by atoms with Gasteiger partial charge in [0.15, 0.2) is 5.79 Å². The minimum absolute atomic E-state index is 0.133. The Morgan fingerprint density at radius 1 is 1.19 bits per heavy atom. The van der Waals surface area contributed by atoms with Crippen molar-refractivity contribution in [2.75, 3.05) is 19.8 Å². The van der Waals surface area contributed by atoms with Gasteiger partial charge in [-0.05, 0) is 24.7 Å². The normalized spacial score (nSPS) is 33.9. The zero-order valence-corrected chi connectivity index (χ0v) is 10.1. The first-order valence-electron chi connectivity index (χ1n) is 6.22. The molecule has 0 bridgehead atoms. The summed E-state index contributed by atoms with van der Waals surface area (Å²) in [5, 5.41) is 8.75. The van der Waals surface area contributed by atoms with Crippen LogP contribution in [0.25, 0.3) is 0 Å². The molecule has 1 saturated heterocycles. The van der Waals surface area contributed by atoms with Gasteiger partial charge in [0, 0.05) is 12.8 Å². The van der Waals surface area contributed by atoms with Crippen LogP contribution in [0.5, 0.6) is 0 Å². The van der Waals surface area contributed by atoms with Crippen molar-refractivity contribution in [3.8, 4) is 0 Å². The lowest BCUT2D eigenvalue weighted by Crippen LogP contribution is -2.40. The zero-order valence-electron chi connectivity index (χ0n) is 10.1. The van der Waals surface area contributed by atoms with E-state index in [1.165, 1.54) is 12.8 Å². The van der Waals surface area contributed by atoms with Crippen LogP contribution in [0.4, 0.5) is 0 Å². The minimum Gasteiger partial charge on any atom is -0.392 e. The van der Waals surface area contributed by atoms with Crippen LogP contribution in [0.3, 0.4) is 0 Å². The summed E-state index contributed by atoms with van der Waals surface area (Å²) in [7, 11) is 0. The summed E-state index contributed by atoms with van der Waals surface area (Å²) in [6, 6.07) is 0. The van der Waals surface area contributed by atoms with Crippen molar-refractivity contribution in [2.45, 2.75) is 44.8 Å². The smallest absolute Gasteiger partial charge is 0.169 e. The Labute approximate surface area is 97.4 Å². The first-order chi connectivity index (χ1) is 7.68. The number of aliphatic hydroxyl groups is 1. The van der Waals surface area contributed by atoms with Crippen LogP contribution < -0.4 is 0 Å². The van der Waals surface area contributed by atoms with Crippen molar-refractivity contribution in [3.05, 3.63) is 12.2 Å². The maximum atomic E-state index is 8.75. The van der Waals surface area contributed by atoms with E-state index in [-0.39, 0.29) is 17.8 Å². The van der Waals surface area contributed by atoms with Gasteiger partial charge in [0.25, 0.3) is 0 Å². The van der Waals surface area contributed by atoms with Gasteiger partial charge in [-0.3, -0.25) is 0 Å². The summed E-state index contributed by atoms with van der Waals surface area (Å²) in [4.78, 5) is 0. The predicted octanol–water partition coefficient (Wildman–Crippen LogP) is 2.25. The fourth-order valence-electron chi connectivity index (χ4n) is 2.97. The maximum Gasteiger partial charge on any atom is 0.169 e. The van der Waals surface area contributed by atoms with Crippen molar-refractivity contribution in [2.24, 2.45) is 5.41 Å². The molecule has 1 N–H and O–H groups in total. The minimum atomic E-state index is -0.292. The Bertz CT molecular complexity index is 256. The fraction of sp³-hybridized carbons (Fsp3) is 0.846. The first-order valence-corrected chi connectivity index (χ1v) is 6.22. The zero-order chi connectivity index (χ0) is 11.5. The average molecular weight is 226 g/mol. The molecular weight excluding hydrogens is 204 g/mol. The molecule has 0 aromatic heterocycles. The summed E-state index contributed by atoms with van der Waals surface area (Å²) < 4.78 is 11.6. The standard InChI is InChI=1S/C13H22O3/c1-12(5-2-3-8-14)6-4-7-13(11-12)15-9-10-16-13/h2-3,14H,4-11H2,1H3/b3-2+. The van der Waals surface area contributed by atoms with Crippen LogP contribution in [-0.4, -0.2) is 30.7 Å². The van der Waals surface area contributed by atoms with Crippen molar-refractivity contribution >= 4 is 0 Å². The Morgan fingerprint density at radius 3 is 2.62 bits per heavy atom. The highest BCUT2D eigenvalue weighted by molar-refractivity contribution is 4.95. The molecule has 2 rings (SSSR count). The number of hydrogen-bond donors (Lipinski definition) is 1. The molecule has 0 radical (unpaired) electrons. The van der Waals surface area contributed by atoms with Crippen LogP contribution in [-0.2, 0) is 9.47 Å². The molecule has 1 spiro atoms. The number of rotatable bonds is 3. The molecule has 1 heterocycles. The number of hydrogen-bond acceptors (Lipinski definition) is 3. The molecule has 92 valence electrons. The van der Waals surface area contributed by atoms with Crippen LogP contribution in [0, 0.1) is 5.41 Å². The summed E-state index contributed by atoms with van der Waals surface area (Å²) >= 11 is 0. The second-order valence-corrected chi connectivity index (χ2v) is 5.31. The van der Waals surface area contributed by atoms with Gasteiger partial charge in [-0.25, -0.2) is 0 Å². The largest absolute Gasteiger partial charge is 0.392 e. The summed E-state index contributed by atoms with van der Waals surface area (Å²) in [5.41, 5.74) is 0.258. The molecule has 2 fully saturated rings. The SMILES string of the molecule is CC1(C/C=C/CO)CCCC2(C1)OCCO2. The molecule has 1 aliphatic heterocycles. The highest BCUT2D eigenvalue weighted by atomic mass is 16.7. The Kier molecular flexibility index (Phi) is 3.67. The second kappa shape index (κ2) is 4.86. The van der Waals surface area contributed by atoms with E-state index >= 15 is 0 Å². The third-order valence-corrected chi connectivity index (χ3v) is 3.73. The topological polar surface area (TPSA) is 38.7 Å². The number of ether oxygens (including phenoxy) is 2. The Hall–Kier alpha value is -0.380. The van der Waals surface area contributed by atoms with E-state index in [4.69, 9.17) is 14.6 Å². The lowest BCUT2D eigenvalue weighted by molar-refractivity contribution is -0.199. The summed E-state index contributed by atoms with van der Waals surface area (Å²) in [6.45, 7) is 3.90. The van der Waals surface area contributed by atoms with E-state index < -0.39 is 0 Å². The summed E-state index contributed by atoms with van der Waals surface area (Å²) in [6.07, 6.45) is 9.31. The van der Waals surface area contributed by atoms with E-state index in [2.05, 4.69) is 13.0 Å². The Balaban J connectivity index is 1.96. The van der Waals surface area contributed by atoms with Gasteiger partial charge in [-0.1, -0.05) is 19.1 Å². The maximum absolute atomic E-state index is 8.75. The van der Waals surface area contributed by atoms with E-state index in [1.807, 2.05) is 6.08 Å². The molecule has 1 atom stereocenters. The predicted molar refractivity (Wildman–Crippen MR) is 62.1 cm³/mol. The molecule has 3 nitrogen and oxygen atoms in total. The molecule has 1 unspecified atom stereocenters. The van der Waals surface area contributed by atoms with Crippen LogP contribution in [0.1, 0.15) is 39.0 Å². The van der Waals surface area contributed by atoms with Crippen LogP contribution in [0.2, 0.25) is 0 Å². The Morgan fingerprint density at radius 2 is 1.94 bits per heavy atom. The molecule has 0 amide bonds. The average Bonchev–Trinajstić information content (AvgIpc) is 2.66. The van der Waals surface area contributed by atoms with Gasteiger partial charge in [-0.2, -0.15) is 0 Å². The first kappa shape index (κ1) is 12.1. The van der Waals surface area contributed by atoms with Crippen molar-refractivity contribution < 1.29 is 14.6 Å². The quantitative estimate of drug-likeness (QED) is 0.750. The van der Waals surface area contributed by atoms with Crippen LogP contribution in [0.15, 0.2) is 12.2 Å². The molecule has 2 aliphatic rings. The van der Waals surface area contributed by atoms with Gasteiger partial charge in [0.1, 0.15) is 0 Å². The monoisotopic (exact) mass is 226 g/mol.